The van der Waals surface area contributed by atoms with Gasteiger partial charge in [-0.15, -0.1) is 5.10 Å². The van der Waals surface area contributed by atoms with E-state index in [1.807, 2.05) is 0 Å². The van der Waals surface area contributed by atoms with Crippen molar-refractivity contribution in [2.24, 2.45) is 0 Å². The third kappa shape index (κ3) is 3.07. The fraction of sp³-hybridized carbons (Fsp3) is 0.0500. The molecule has 0 fully saturated rings. The highest BCUT2D eigenvalue weighted by molar-refractivity contribution is 6.07. The zero-order valence-electron chi connectivity index (χ0n) is 14.7. The van der Waals surface area contributed by atoms with E-state index in [9.17, 15) is 14.4 Å². The zero-order valence-corrected chi connectivity index (χ0v) is 14.7. The lowest BCUT2D eigenvalue weighted by Crippen LogP contribution is -2.02. The molecule has 2 N–H and O–H groups in total. The number of methoxy groups -OCH3 is 1. The summed E-state index contributed by atoms with van der Waals surface area (Å²) in [6, 6.07) is 11.7. The van der Waals surface area contributed by atoms with Crippen LogP contribution < -0.4 is 15.7 Å². The van der Waals surface area contributed by atoms with Crippen molar-refractivity contribution in [3.63, 3.8) is 0 Å². The van der Waals surface area contributed by atoms with Gasteiger partial charge in [0.05, 0.1) is 12.6 Å². The maximum absolute atomic E-state index is 12.6. The molecule has 0 spiro atoms. The van der Waals surface area contributed by atoms with Gasteiger partial charge in [0.25, 0.3) is 5.56 Å². The van der Waals surface area contributed by atoms with Crippen LogP contribution in [-0.4, -0.2) is 33.3 Å². The summed E-state index contributed by atoms with van der Waals surface area (Å²) >= 11 is 0. The third-order valence-corrected chi connectivity index (χ3v) is 4.33. The van der Waals surface area contributed by atoms with Crippen LogP contribution in [0.15, 0.2) is 58.1 Å². The summed E-state index contributed by atoms with van der Waals surface area (Å²) in [6.45, 7) is 0. The molecule has 2 aromatic heterocycles. The molecule has 0 bridgehead atoms. The van der Waals surface area contributed by atoms with Crippen molar-refractivity contribution in [2.45, 2.75) is 0 Å². The van der Waals surface area contributed by atoms with Gasteiger partial charge in [-0.3, -0.25) is 19.5 Å². The van der Waals surface area contributed by atoms with Gasteiger partial charge < -0.3 is 9.72 Å². The number of ether oxygens (including phenoxy) is 1. The summed E-state index contributed by atoms with van der Waals surface area (Å²) in [5.74, 6) is 0.490. The van der Waals surface area contributed by atoms with Crippen LogP contribution in [0, 0.1) is 0 Å². The molecule has 8 heteroatoms. The Morgan fingerprint density at radius 2 is 1.89 bits per heavy atom. The number of allylic oxidation sites excluding steroid dienone is 1. The number of aromatic amines is 2. The van der Waals surface area contributed by atoms with Gasteiger partial charge >= 0.3 is 0 Å². The normalized spacial score (nSPS) is 11.3. The Bertz CT molecular complexity index is 1350. The van der Waals surface area contributed by atoms with Crippen molar-refractivity contribution in [1.29, 1.82) is 0 Å². The van der Waals surface area contributed by atoms with E-state index in [-0.39, 0.29) is 22.2 Å². The molecule has 4 rings (SSSR count). The Morgan fingerprint density at radius 1 is 1.11 bits per heavy atom. The number of hydrogen-bond acceptors (Lipinski definition) is 6. The van der Waals surface area contributed by atoms with Gasteiger partial charge in [0.2, 0.25) is 5.43 Å². The molecule has 2 heterocycles. The average molecular weight is 374 g/mol. The minimum Gasteiger partial charge on any atom is -0.497 e. The molecule has 4 aromatic rings. The quantitative estimate of drug-likeness (QED) is 0.417. The highest BCUT2D eigenvalue weighted by atomic mass is 16.5. The molecular formula is C20H14N4O4. The number of benzene rings is 2. The van der Waals surface area contributed by atoms with Crippen molar-refractivity contribution < 1.29 is 9.53 Å². The molecule has 28 heavy (non-hydrogen) atoms. The maximum Gasteiger partial charge on any atom is 0.278 e. The highest BCUT2D eigenvalue weighted by Gasteiger charge is 2.09. The van der Waals surface area contributed by atoms with Crippen LogP contribution in [0.1, 0.15) is 15.9 Å². The monoisotopic (exact) mass is 374 g/mol. The van der Waals surface area contributed by atoms with Gasteiger partial charge in [-0.1, -0.05) is 17.4 Å². The molecule has 0 amide bonds. The fourth-order valence-electron chi connectivity index (χ4n) is 2.85. The van der Waals surface area contributed by atoms with E-state index in [0.717, 1.165) is 0 Å². The summed E-state index contributed by atoms with van der Waals surface area (Å²) in [6.07, 6.45) is 3.05. The molecule has 2 aromatic carbocycles. The summed E-state index contributed by atoms with van der Waals surface area (Å²) in [4.78, 5) is 39.7. The molecule has 0 unspecified atom stereocenters. The fourth-order valence-corrected chi connectivity index (χ4v) is 2.85. The van der Waals surface area contributed by atoms with Crippen LogP contribution in [0.4, 0.5) is 0 Å². The molecule has 8 nitrogen and oxygen atoms in total. The summed E-state index contributed by atoms with van der Waals surface area (Å²) in [5, 5.41) is 9.94. The number of rotatable bonds is 4. The topological polar surface area (TPSA) is 118 Å². The van der Waals surface area contributed by atoms with E-state index < -0.39 is 5.56 Å². The second kappa shape index (κ2) is 6.92. The second-order valence-electron chi connectivity index (χ2n) is 6.05. The number of carbonyl (C=O) groups is 1. The lowest BCUT2D eigenvalue weighted by atomic mass is 10.1. The number of hydrogen-bond donors (Lipinski definition) is 2. The first kappa shape index (κ1) is 17.3. The largest absolute Gasteiger partial charge is 0.497 e. The van der Waals surface area contributed by atoms with Gasteiger partial charge in [0.15, 0.2) is 11.3 Å². The summed E-state index contributed by atoms with van der Waals surface area (Å²) in [5.41, 5.74) is 0.629. The van der Waals surface area contributed by atoms with Crippen LogP contribution in [-0.2, 0) is 0 Å². The van der Waals surface area contributed by atoms with Gasteiger partial charge in [0.1, 0.15) is 11.3 Å². The van der Waals surface area contributed by atoms with Gasteiger partial charge in [-0.05, 0) is 48.0 Å². The molecule has 138 valence electrons. The van der Waals surface area contributed by atoms with Crippen LogP contribution in [0.25, 0.3) is 28.0 Å². The van der Waals surface area contributed by atoms with Crippen LogP contribution in [0.2, 0.25) is 0 Å². The highest BCUT2D eigenvalue weighted by Crippen LogP contribution is 2.14. The predicted molar refractivity (Wildman–Crippen MR) is 105 cm³/mol. The lowest BCUT2D eigenvalue weighted by Gasteiger charge is -2.00. The molecule has 0 radical (unpaired) electrons. The van der Waals surface area contributed by atoms with Gasteiger partial charge in [-0.25, -0.2) is 0 Å². The first-order valence-corrected chi connectivity index (χ1v) is 8.34. The second-order valence-corrected chi connectivity index (χ2v) is 6.05. The van der Waals surface area contributed by atoms with E-state index in [1.54, 1.807) is 55.7 Å². The maximum atomic E-state index is 12.6. The molecule has 0 saturated carbocycles. The van der Waals surface area contributed by atoms with Crippen LogP contribution in [0.5, 0.6) is 5.75 Å². The van der Waals surface area contributed by atoms with Crippen molar-refractivity contribution in [3.8, 4) is 5.75 Å². The number of nitrogens with zero attached hydrogens (tertiary/aromatic N) is 2. The van der Waals surface area contributed by atoms with Crippen LogP contribution >= 0.6 is 0 Å². The van der Waals surface area contributed by atoms with Crippen LogP contribution in [0.3, 0.4) is 0 Å². The first-order valence-electron chi connectivity index (χ1n) is 8.34. The van der Waals surface area contributed by atoms with Crippen molar-refractivity contribution in [3.05, 3.63) is 80.2 Å². The van der Waals surface area contributed by atoms with E-state index in [4.69, 9.17) is 4.74 Å². The lowest BCUT2D eigenvalue weighted by molar-refractivity contribution is 0.104. The molecule has 0 aliphatic carbocycles. The standard InChI is InChI=1S/C20H14N4O4/c1-28-13-6-4-12(5-7-13)16(25)9-3-11-2-8-14-15(10-11)21-20(27)18-17(19(14)26)22-24-23-18/h2-10H,1H3,(H,21,27)(H,22,23,24)/b9-3+. The molecule has 0 atom stereocenters. The number of aromatic nitrogens is 4. The Labute approximate surface area is 157 Å². The minimum atomic E-state index is -0.522. The SMILES string of the molecule is COc1ccc(C(=O)/C=C/c2ccc3c(=O)c4[nH]nnc4c(=O)[nH]c3c2)cc1. The van der Waals surface area contributed by atoms with Crippen molar-refractivity contribution in [2.75, 3.05) is 7.11 Å². The number of nitrogens with one attached hydrogen (secondary N) is 2. The third-order valence-electron chi connectivity index (χ3n) is 4.33. The van der Waals surface area contributed by atoms with E-state index in [0.29, 0.717) is 27.8 Å². The molecule has 0 aliphatic heterocycles. The van der Waals surface area contributed by atoms with Crippen molar-refractivity contribution >= 4 is 33.8 Å². The number of carbonyl (C=O) groups excluding carboxylic acids is 1. The van der Waals surface area contributed by atoms with E-state index in [1.165, 1.54) is 6.08 Å². The Balaban J connectivity index is 1.72. The number of H-pyrrole nitrogens is 2. The van der Waals surface area contributed by atoms with Crippen molar-refractivity contribution in [1.82, 2.24) is 20.4 Å². The van der Waals surface area contributed by atoms with Gasteiger partial charge in [-0.2, -0.15) is 0 Å². The summed E-state index contributed by atoms with van der Waals surface area (Å²) in [7, 11) is 1.56. The zero-order chi connectivity index (χ0) is 19.7. The van der Waals surface area contributed by atoms with E-state index >= 15 is 0 Å². The Hall–Kier alpha value is -4.07. The molecular weight excluding hydrogens is 360 g/mol. The smallest absolute Gasteiger partial charge is 0.278 e. The molecule has 0 saturated heterocycles. The Morgan fingerprint density at radius 3 is 2.64 bits per heavy atom. The minimum absolute atomic E-state index is 0.0482. The predicted octanol–water partition coefficient (Wildman–Crippen LogP) is 2.06. The first-order chi connectivity index (χ1) is 13.6. The Kier molecular flexibility index (Phi) is 4.29. The molecule has 0 aliphatic rings. The number of ketones is 1. The van der Waals surface area contributed by atoms with Gasteiger partial charge in [0, 0.05) is 10.9 Å². The van der Waals surface area contributed by atoms with E-state index in [2.05, 4.69) is 20.4 Å². The summed E-state index contributed by atoms with van der Waals surface area (Å²) < 4.78 is 5.07. The average Bonchev–Trinajstić information content (AvgIpc) is 3.18. The number of fused-ring (bicyclic) bond motifs is 2.